The minimum Gasteiger partial charge on any atom is -0.478 e. The Hall–Kier alpha value is -1.81. The van der Waals surface area contributed by atoms with Gasteiger partial charge in [-0.2, -0.15) is 0 Å². The zero-order valence-corrected chi connectivity index (χ0v) is 9.65. The van der Waals surface area contributed by atoms with E-state index in [2.05, 4.69) is 0 Å². The number of aromatic carboxylic acids is 2. The molecule has 0 spiro atoms. The van der Waals surface area contributed by atoms with Gasteiger partial charge in [0.2, 0.25) is 0 Å². The Balaban J connectivity index is 3.12. The van der Waals surface area contributed by atoms with Gasteiger partial charge in [-0.25, -0.2) is 9.59 Å². The van der Waals surface area contributed by atoms with Crippen LogP contribution in [-0.2, 0) is 0 Å². The molecule has 0 aliphatic heterocycles. The molecule has 0 heterocycles. The first-order valence-corrected chi connectivity index (χ1v) is 5.42. The maximum Gasteiger partial charge on any atom is 0.335 e. The van der Waals surface area contributed by atoms with Gasteiger partial charge in [0.05, 0.1) is 11.1 Å². The second kappa shape index (κ2) is 6.06. The largest absolute Gasteiger partial charge is 0.478 e. The molecule has 0 aromatic heterocycles. The van der Waals surface area contributed by atoms with Crippen molar-refractivity contribution in [2.45, 2.75) is 6.42 Å². The van der Waals surface area contributed by atoms with Gasteiger partial charge in [-0.3, -0.25) is 0 Å². The van der Waals surface area contributed by atoms with Crippen LogP contribution in [0.5, 0.6) is 0 Å². The predicted molar refractivity (Wildman–Crippen MR) is 64.7 cm³/mol. The zero-order valence-electron chi connectivity index (χ0n) is 8.89. The van der Waals surface area contributed by atoms with Crippen molar-refractivity contribution >= 4 is 29.6 Å². The smallest absolute Gasteiger partial charge is 0.335 e. The van der Waals surface area contributed by atoms with Crippen LogP contribution in [0.25, 0.3) is 6.08 Å². The highest BCUT2D eigenvalue weighted by Gasteiger charge is 2.10. The van der Waals surface area contributed by atoms with Crippen molar-refractivity contribution in [3.05, 3.63) is 41.0 Å². The Labute approximate surface area is 103 Å². The van der Waals surface area contributed by atoms with Crippen LogP contribution in [0.15, 0.2) is 24.3 Å². The maximum absolute atomic E-state index is 10.8. The van der Waals surface area contributed by atoms with Gasteiger partial charge in [0, 0.05) is 5.88 Å². The summed E-state index contributed by atoms with van der Waals surface area (Å²) in [6.45, 7) is 0. The molecule has 5 heteroatoms. The number of halogens is 1. The normalized spacial score (nSPS) is 10.6. The van der Waals surface area contributed by atoms with Crippen molar-refractivity contribution in [2.24, 2.45) is 0 Å². The number of carbonyl (C=O) groups is 2. The first-order valence-electron chi connectivity index (χ1n) is 4.89. The van der Waals surface area contributed by atoms with Gasteiger partial charge < -0.3 is 10.2 Å². The average Bonchev–Trinajstić information content (AvgIpc) is 2.29. The standard InChI is InChI=1S/C12H11ClO4/c13-4-2-1-3-8-5-9(11(14)15)7-10(6-8)12(16)17/h1,3,5-7H,2,4H2,(H,14,15)(H,16,17). The number of rotatable bonds is 5. The van der Waals surface area contributed by atoms with Crippen LogP contribution in [0.4, 0.5) is 0 Å². The fraction of sp³-hybridized carbons (Fsp3) is 0.167. The molecule has 17 heavy (non-hydrogen) atoms. The third-order valence-corrected chi connectivity index (χ3v) is 2.25. The van der Waals surface area contributed by atoms with Crippen LogP contribution in [0.3, 0.4) is 0 Å². The summed E-state index contributed by atoms with van der Waals surface area (Å²) < 4.78 is 0. The van der Waals surface area contributed by atoms with Crippen LogP contribution in [0.1, 0.15) is 32.7 Å². The summed E-state index contributed by atoms with van der Waals surface area (Å²) in [4.78, 5) is 21.6. The maximum atomic E-state index is 10.8. The van der Waals surface area contributed by atoms with E-state index in [0.717, 1.165) is 6.07 Å². The second-order valence-electron chi connectivity index (χ2n) is 3.33. The van der Waals surface area contributed by atoms with Gasteiger partial charge in [-0.15, -0.1) is 11.6 Å². The zero-order chi connectivity index (χ0) is 12.8. The first-order chi connectivity index (χ1) is 8.04. The molecule has 0 fully saturated rings. The molecular formula is C12H11ClO4. The molecule has 0 saturated heterocycles. The van der Waals surface area contributed by atoms with Gasteiger partial charge in [-0.05, 0) is 30.2 Å². The van der Waals surface area contributed by atoms with Crippen LogP contribution in [-0.4, -0.2) is 28.0 Å². The second-order valence-corrected chi connectivity index (χ2v) is 3.71. The van der Waals surface area contributed by atoms with E-state index in [1.54, 1.807) is 12.2 Å². The lowest BCUT2D eigenvalue weighted by Gasteiger charge is -2.01. The van der Waals surface area contributed by atoms with Crippen LogP contribution in [0.2, 0.25) is 0 Å². The van der Waals surface area contributed by atoms with Crippen molar-refractivity contribution in [3.63, 3.8) is 0 Å². The monoisotopic (exact) mass is 254 g/mol. The van der Waals surface area contributed by atoms with Gasteiger partial charge in [0.1, 0.15) is 0 Å². The van der Waals surface area contributed by atoms with Gasteiger partial charge >= 0.3 is 11.9 Å². The van der Waals surface area contributed by atoms with E-state index in [-0.39, 0.29) is 11.1 Å². The molecule has 0 saturated carbocycles. The topological polar surface area (TPSA) is 74.6 Å². The first kappa shape index (κ1) is 13.3. The predicted octanol–water partition coefficient (Wildman–Crippen LogP) is 2.73. The number of alkyl halides is 1. The molecule has 0 atom stereocenters. The number of carboxylic acid groups (broad SMARTS) is 2. The average molecular weight is 255 g/mol. The summed E-state index contributed by atoms with van der Waals surface area (Å²) in [5.41, 5.74) is 0.443. The summed E-state index contributed by atoms with van der Waals surface area (Å²) in [7, 11) is 0. The van der Waals surface area contributed by atoms with Gasteiger partial charge in [0.25, 0.3) is 0 Å². The lowest BCUT2D eigenvalue weighted by molar-refractivity contribution is 0.0696. The lowest BCUT2D eigenvalue weighted by atomic mass is 10.1. The Morgan fingerprint density at radius 3 is 2.06 bits per heavy atom. The van der Waals surface area contributed by atoms with Crippen LogP contribution < -0.4 is 0 Å². The summed E-state index contributed by atoms with van der Waals surface area (Å²) in [5.74, 6) is -1.85. The summed E-state index contributed by atoms with van der Waals surface area (Å²) in [6.07, 6.45) is 4.06. The molecule has 0 bridgehead atoms. The Morgan fingerprint density at radius 2 is 1.65 bits per heavy atom. The Bertz CT molecular complexity index is 433. The van der Waals surface area contributed by atoms with Crippen molar-refractivity contribution in [3.8, 4) is 0 Å². The molecule has 1 aromatic rings. The highest BCUT2D eigenvalue weighted by atomic mass is 35.5. The van der Waals surface area contributed by atoms with E-state index in [1.807, 2.05) is 0 Å². The van der Waals surface area contributed by atoms with Crippen LogP contribution in [0, 0.1) is 0 Å². The fourth-order valence-corrected chi connectivity index (χ4v) is 1.40. The molecule has 1 aromatic carbocycles. The van der Waals surface area contributed by atoms with E-state index in [1.165, 1.54) is 12.1 Å². The minimum absolute atomic E-state index is 0.0459. The summed E-state index contributed by atoms with van der Waals surface area (Å²) in [5, 5.41) is 17.7. The third kappa shape index (κ3) is 3.92. The van der Waals surface area contributed by atoms with E-state index in [4.69, 9.17) is 21.8 Å². The Morgan fingerprint density at radius 1 is 1.12 bits per heavy atom. The molecule has 0 amide bonds. The summed E-state index contributed by atoms with van der Waals surface area (Å²) in [6, 6.07) is 3.96. The molecule has 0 unspecified atom stereocenters. The molecule has 1 rings (SSSR count). The molecule has 0 aliphatic rings. The van der Waals surface area contributed by atoms with Gasteiger partial charge in [0.15, 0.2) is 0 Å². The number of benzene rings is 1. The van der Waals surface area contributed by atoms with E-state index >= 15 is 0 Å². The number of hydrogen-bond donors (Lipinski definition) is 2. The van der Waals surface area contributed by atoms with Crippen molar-refractivity contribution in [1.82, 2.24) is 0 Å². The quantitative estimate of drug-likeness (QED) is 0.793. The van der Waals surface area contributed by atoms with Crippen LogP contribution >= 0.6 is 11.6 Å². The molecule has 2 N–H and O–H groups in total. The fourth-order valence-electron chi connectivity index (χ4n) is 1.28. The van der Waals surface area contributed by atoms with Crippen molar-refractivity contribution in [1.29, 1.82) is 0 Å². The molecule has 0 radical (unpaired) electrons. The number of allylic oxidation sites excluding steroid dienone is 1. The molecule has 4 nitrogen and oxygen atoms in total. The summed E-state index contributed by atoms with van der Waals surface area (Å²) >= 11 is 5.49. The van der Waals surface area contributed by atoms with Crippen molar-refractivity contribution in [2.75, 3.05) is 5.88 Å². The SMILES string of the molecule is O=C(O)c1cc(C=CCCCl)cc(C(=O)O)c1. The molecule has 0 aliphatic carbocycles. The van der Waals surface area contributed by atoms with E-state index < -0.39 is 11.9 Å². The van der Waals surface area contributed by atoms with Crippen molar-refractivity contribution < 1.29 is 19.8 Å². The van der Waals surface area contributed by atoms with E-state index in [0.29, 0.717) is 17.9 Å². The van der Waals surface area contributed by atoms with Gasteiger partial charge in [-0.1, -0.05) is 12.2 Å². The number of carboxylic acids is 2. The Kier molecular flexibility index (Phi) is 4.72. The molecule has 90 valence electrons. The highest BCUT2D eigenvalue weighted by molar-refractivity contribution is 6.17. The number of hydrogen-bond acceptors (Lipinski definition) is 2. The third-order valence-electron chi connectivity index (χ3n) is 2.04. The highest BCUT2D eigenvalue weighted by Crippen LogP contribution is 2.13. The molecular weight excluding hydrogens is 244 g/mol. The minimum atomic E-state index is -1.15. The lowest BCUT2D eigenvalue weighted by Crippen LogP contribution is -2.02. The van der Waals surface area contributed by atoms with E-state index in [9.17, 15) is 9.59 Å².